The van der Waals surface area contributed by atoms with Crippen LogP contribution in [0.15, 0.2) is 28.7 Å². The summed E-state index contributed by atoms with van der Waals surface area (Å²) in [7, 11) is 0. The Kier molecular flexibility index (Phi) is 3.76. The van der Waals surface area contributed by atoms with E-state index in [0.717, 1.165) is 5.39 Å². The number of carbonyl (C=O) groups is 2. The molecule has 0 bridgehead atoms. The first-order chi connectivity index (χ1) is 9.54. The molecule has 1 aromatic carbocycles. The zero-order chi connectivity index (χ0) is 14.7. The van der Waals surface area contributed by atoms with Crippen LogP contribution in [-0.4, -0.2) is 23.0 Å². The Bertz CT molecular complexity index is 708. The predicted molar refractivity (Wildman–Crippen MR) is 73.3 cm³/mol. The normalized spacial score (nSPS) is 11.8. The standard InChI is InChI=1S/C15H13NO4/c1-3-6-11(15(18)19)16-14(17)13-9(2)10-7-4-5-8-12(10)20-13/h1,4-5,7-8,11H,6H2,2H3,(H,16,17)(H,18,19). The minimum atomic E-state index is -1.18. The van der Waals surface area contributed by atoms with Crippen molar-refractivity contribution in [1.82, 2.24) is 5.32 Å². The summed E-state index contributed by atoms with van der Waals surface area (Å²) in [6, 6.07) is 6.09. The lowest BCUT2D eigenvalue weighted by atomic mass is 10.1. The van der Waals surface area contributed by atoms with Crippen LogP contribution in [0, 0.1) is 19.3 Å². The van der Waals surface area contributed by atoms with Crippen LogP contribution in [0.2, 0.25) is 0 Å². The maximum atomic E-state index is 12.1. The summed E-state index contributed by atoms with van der Waals surface area (Å²) >= 11 is 0. The highest BCUT2D eigenvalue weighted by molar-refractivity contribution is 6.00. The molecule has 5 heteroatoms. The van der Waals surface area contributed by atoms with Crippen LogP contribution in [0.5, 0.6) is 0 Å². The molecule has 2 N–H and O–H groups in total. The Morgan fingerprint density at radius 3 is 2.75 bits per heavy atom. The Morgan fingerprint density at radius 1 is 1.45 bits per heavy atom. The number of carboxylic acids is 1. The van der Waals surface area contributed by atoms with Crippen molar-refractivity contribution < 1.29 is 19.1 Å². The number of fused-ring (bicyclic) bond motifs is 1. The molecule has 0 aliphatic carbocycles. The van der Waals surface area contributed by atoms with E-state index in [1.165, 1.54) is 0 Å². The van der Waals surface area contributed by atoms with E-state index in [2.05, 4.69) is 11.2 Å². The first kappa shape index (κ1) is 13.7. The van der Waals surface area contributed by atoms with Gasteiger partial charge in [0.2, 0.25) is 0 Å². The topological polar surface area (TPSA) is 79.5 Å². The van der Waals surface area contributed by atoms with E-state index in [4.69, 9.17) is 15.9 Å². The Morgan fingerprint density at radius 2 is 2.15 bits per heavy atom. The molecule has 0 radical (unpaired) electrons. The van der Waals surface area contributed by atoms with Crippen LogP contribution in [0.4, 0.5) is 0 Å². The fraction of sp³-hybridized carbons (Fsp3) is 0.200. The van der Waals surface area contributed by atoms with Gasteiger partial charge in [-0.3, -0.25) is 4.79 Å². The molecule has 0 spiro atoms. The lowest BCUT2D eigenvalue weighted by Crippen LogP contribution is -2.40. The average Bonchev–Trinajstić information content (AvgIpc) is 2.76. The van der Waals surface area contributed by atoms with Gasteiger partial charge in [-0.05, 0) is 13.0 Å². The number of carbonyl (C=O) groups excluding carboxylic acids is 1. The summed E-state index contributed by atoms with van der Waals surface area (Å²) in [4.78, 5) is 23.1. The van der Waals surface area contributed by atoms with E-state index >= 15 is 0 Å². The van der Waals surface area contributed by atoms with Crippen molar-refractivity contribution in [3.63, 3.8) is 0 Å². The van der Waals surface area contributed by atoms with Gasteiger partial charge < -0.3 is 14.8 Å². The Balaban J connectivity index is 2.30. The smallest absolute Gasteiger partial charge is 0.327 e. The number of hydrogen-bond acceptors (Lipinski definition) is 3. The first-order valence-corrected chi connectivity index (χ1v) is 6.00. The van der Waals surface area contributed by atoms with Gasteiger partial charge in [0, 0.05) is 17.4 Å². The zero-order valence-electron chi connectivity index (χ0n) is 10.8. The summed E-state index contributed by atoms with van der Waals surface area (Å²) in [5.41, 5.74) is 1.25. The van der Waals surface area contributed by atoms with E-state index in [0.29, 0.717) is 11.1 Å². The van der Waals surface area contributed by atoms with Crippen LogP contribution >= 0.6 is 0 Å². The average molecular weight is 271 g/mol. The molecule has 1 aromatic heterocycles. The largest absolute Gasteiger partial charge is 0.480 e. The molecular weight excluding hydrogens is 258 g/mol. The number of terminal acetylenes is 1. The van der Waals surface area contributed by atoms with Crippen LogP contribution in [0.1, 0.15) is 22.5 Å². The molecule has 0 saturated heterocycles. The van der Waals surface area contributed by atoms with Gasteiger partial charge in [-0.2, -0.15) is 0 Å². The van der Waals surface area contributed by atoms with Gasteiger partial charge in [0.1, 0.15) is 11.6 Å². The van der Waals surface area contributed by atoms with E-state index < -0.39 is 17.9 Å². The van der Waals surface area contributed by atoms with Gasteiger partial charge in [-0.15, -0.1) is 12.3 Å². The number of aryl methyl sites for hydroxylation is 1. The second-order valence-corrected chi connectivity index (χ2v) is 4.32. The van der Waals surface area contributed by atoms with Crippen LogP contribution in [0.3, 0.4) is 0 Å². The SMILES string of the molecule is C#CCC(NC(=O)c1oc2ccccc2c1C)C(=O)O. The van der Waals surface area contributed by atoms with E-state index in [-0.39, 0.29) is 12.2 Å². The van der Waals surface area contributed by atoms with Gasteiger partial charge in [0.25, 0.3) is 5.91 Å². The van der Waals surface area contributed by atoms with E-state index in [9.17, 15) is 9.59 Å². The van der Waals surface area contributed by atoms with Crippen molar-refractivity contribution in [2.24, 2.45) is 0 Å². The summed E-state index contributed by atoms with van der Waals surface area (Å²) in [5.74, 6) is 0.569. The minimum absolute atomic E-state index is 0.0830. The molecule has 2 aromatic rings. The quantitative estimate of drug-likeness (QED) is 0.833. The lowest BCUT2D eigenvalue weighted by Gasteiger charge is -2.10. The van der Waals surface area contributed by atoms with Crippen molar-refractivity contribution in [3.05, 3.63) is 35.6 Å². The number of aliphatic carboxylic acids is 1. The molecule has 5 nitrogen and oxygen atoms in total. The highest BCUT2D eigenvalue weighted by atomic mass is 16.4. The molecule has 1 atom stereocenters. The number of carboxylic acid groups (broad SMARTS) is 1. The second-order valence-electron chi connectivity index (χ2n) is 4.32. The fourth-order valence-corrected chi connectivity index (χ4v) is 1.93. The summed E-state index contributed by atoms with van der Waals surface area (Å²) in [6.07, 6.45) is 5.00. The zero-order valence-corrected chi connectivity index (χ0v) is 10.8. The van der Waals surface area contributed by atoms with Gasteiger partial charge in [-0.1, -0.05) is 18.2 Å². The molecule has 1 heterocycles. The second kappa shape index (κ2) is 5.49. The van der Waals surface area contributed by atoms with Crippen LogP contribution < -0.4 is 5.32 Å². The minimum Gasteiger partial charge on any atom is -0.480 e. The molecule has 0 saturated carbocycles. The maximum absolute atomic E-state index is 12.1. The third-order valence-corrected chi connectivity index (χ3v) is 2.98. The van der Waals surface area contributed by atoms with Gasteiger partial charge in [0.15, 0.2) is 5.76 Å². The molecular formula is C15H13NO4. The van der Waals surface area contributed by atoms with Crippen LogP contribution in [-0.2, 0) is 4.79 Å². The van der Waals surface area contributed by atoms with Crippen LogP contribution in [0.25, 0.3) is 11.0 Å². The van der Waals surface area contributed by atoms with Crippen molar-refractivity contribution in [3.8, 4) is 12.3 Å². The number of hydrogen-bond donors (Lipinski definition) is 2. The number of furan rings is 1. The number of para-hydroxylation sites is 1. The van der Waals surface area contributed by atoms with Crippen molar-refractivity contribution in [1.29, 1.82) is 0 Å². The molecule has 1 unspecified atom stereocenters. The van der Waals surface area contributed by atoms with Crippen molar-refractivity contribution >= 4 is 22.8 Å². The molecule has 20 heavy (non-hydrogen) atoms. The highest BCUT2D eigenvalue weighted by Crippen LogP contribution is 2.24. The third kappa shape index (κ3) is 2.50. The molecule has 102 valence electrons. The first-order valence-electron chi connectivity index (χ1n) is 6.00. The lowest BCUT2D eigenvalue weighted by molar-refractivity contribution is -0.139. The molecule has 0 aliphatic rings. The van der Waals surface area contributed by atoms with E-state index in [1.807, 2.05) is 12.1 Å². The molecule has 2 rings (SSSR count). The molecule has 0 fully saturated rings. The molecule has 0 aliphatic heterocycles. The van der Waals surface area contributed by atoms with Gasteiger partial charge in [-0.25, -0.2) is 4.79 Å². The van der Waals surface area contributed by atoms with Crippen molar-refractivity contribution in [2.45, 2.75) is 19.4 Å². The van der Waals surface area contributed by atoms with Gasteiger partial charge >= 0.3 is 5.97 Å². The van der Waals surface area contributed by atoms with E-state index in [1.54, 1.807) is 19.1 Å². The summed E-state index contributed by atoms with van der Waals surface area (Å²) in [6.45, 7) is 1.75. The number of benzene rings is 1. The predicted octanol–water partition coefficient (Wildman–Crippen LogP) is 1.95. The Labute approximate surface area is 115 Å². The highest BCUT2D eigenvalue weighted by Gasteiger charge is 2.23. The third-order valence-electron chi connectivity index (χ3n) is 2.98. The monoisotopic (exact) mass is 271 g/mol. The van der Waals surface area contributed by atoms with Crippen molar-refractivity contribution in [2.75, 3.05) is 0 Å². The number of amides is 1. The number of nitrogens with one attached hydrogen (secondary N) is 1. The molecule has 1 amide bonds. The number of rotatable bonds is 4. The van der Waals surface area contributed by atoms with Gasteiger partial charge in [0.05, 0.1) is 0 Å². The fourth-order valence-electron chi connectivity index (χ4n) is 1.93. The maximum Gasteiger partial charge on any atom is 0.327 e. The summed E-state index contributed by atoms with van der Waals surface area (Å²) < 4.78 is 5.46. The summed E-state index contributed by atoms with van der Waals surface area (Å²) in [5, 5.41) is 12.1. The Hall–Kier alpha value is -2.74.